The lowest BCUT2D eigenvalue weighted by Crippen LogP contribution is -2.19. The Morgan fingerprint density at radius 1 is 1.10 bits per heavy atom. The Morgan fingerprint density at radius 2 is 1.95 bits per heavy atom. The Bertz CT molecular complexity index is 702. The summed E-state index contributed by atoms with van der Waals surface area (Å²) in [5.41, 5.74) is 2.14. The third-order valence-corrected chi connectivity index (χ3v) is 3.89. The van der Waals surface area contributed by atoms with Crippen LogP contribution in [0.1, 0.15) is 30.7 Å². The Balaban J connectivity index is 1.73. The van der Waals surface area contributed by atoms with Crippen LogP contribution in [0.4, 0.5) is 0 Å². The molecule has 0 bridgehead atoms. The standard InChI is InChI=1S/C18H18ClNO/c1-2-17(13-7-5-8-15(19)10-13)20-12-16-11-14-6-3-4-9-18(14)21-16/h3-11,17,20H,2,12H2,1H3. The maximum absolute atomic E-state index is 6.07. The van der Waals surface area contributed by atoms with Gasteiger partial charge in [0.05, 0.1) is 6.54 Å². The zero-order chi connectivity index (χ0) is 14.7. The van der Waals surface area contributed by atoms with Gasteiger partial charge in [-0.2, -0.15) is 0 Å². The van der Waals surface area contributed by atoms with Gasteiger partial charge in [0.15, 0.2) is 0 Å². The summed E-state index contributed by atoms with van der Waals surface area (Å²) >= 11 is 6.07. The molecule has 1 N–H and O–H groups in total. The topological polar surface area (TPSA) is 25.2 Å². The molecule has 3 aromatic rings. The summed E-state index contributed by atoms with van der Waals surface area (Å²) in [4.78, 5) is 0. The number of benzene rings is 2. The van der Waals surface area contributed by atoms with Crippen molar-refractivity contribution in [3.05, 3.63) is 70.9 Å². The van der Waals surface area contributed by atoms with E-state index in [0.717, 1.165) is 28.2 Å². The van der Waals surface area contributed by atoms with Crippen molar-refractivity contribution >= 4 is 22.6 Å². The van der Waals surface area contributed by atoms with Crippen LogP contribution in [0.2, 0.25) is 5.02 Å². The number of rotatable bonds is 5. The van der Waals surface area contributed by atoms with E-state index in [9.17, 15) is 0 Å². The van der Waals surface area contributed by atoms with E-state index in [2.05, 4.69) is 30.4 Å². The fourth-order valence-electron chi connectivity index (χ4n) is 2.57. The van der Waals surface area contributed by atoms with E-state index < -0.39 is 0 Å². The van der Waals surface area contributed by atoms with Gasteiger partial charge in [0, 0.05) is 16.5 Å². The first kappa shape index (κ1) is 14.2. The molecule has 0 aliphatic heterocycles. The van der Waals surface area contributed by atoms with Crippen molar-refractivity contribution in [2.45, 2.75) is 25.9 Å². The van der Waals surface area contributed by atoms with Gasteiger partial charge in [-0.05, 0) is 36.2 Å². The minimum absolute atomic E-state index is 0.275. The molecular weight excluding hydrogens is 282 g/mol. The summed E-state index contributed by atoms with van der Waals surface area (Å²) in [6.45, 7) is 2.87. The van der Waals surface area contributed by atoms with Crippen molar-refractivity contribution in [1.29, 1.82) is 0 Å². The van der Waals surface area contributed by atoms with Crippen molar-refractivity contribution in [2.75, 3.05) is 0 Å². The SMILES string of the molecule is CCC(NCc1cc2ccccc2o1)c1cccc(Cl)c1. The lowest BCUT2D eigenvalue weighted by Gasteiger charge is -2.16. The van der Waals surface area contributed by atoms with Gasteiger partial charge in [-0.1, -0.05) is 48.9 Å². The lowest BCUT2D eigenvalue weighted by molar-refractivity contribution is 0.459. The van der Waals surface area contributed by atoms with Crippen LogP contribution in [0.25, 0.3) is 11.0 Å². The average molecular weight is 300 g/mol. The minimum atomic E-state index is 0.275. The Morgan fingerprint density at radius 3 is 2.71 bits per heavy atom. The zero-order valence-corrected chi connectivity index (χ0v) is 12.7. The van der Waals surface area contributed by atoms with Gasteiger partial charge in [-0.15, -0.1) is 0 Å². The predicted octanol–water partition coefficient (Wildman–Crippen LogP) is 5.33. The molecule has 0 aliphatic rings. The first-order chi connectivity index (χ1) is 10.3. The minimum Gasteiger partial charge on any atom is -0.460 e. The molecule has 108 valence electrons. The molecule has 0 aliphatic carbocycles. The number of nitrogens with one attached hydrogen (secondary N) is 1. The Labute approximate surface area is 129 Å². The van der Waals surface area contributed by atoms with Crippen LogP contribution in [0.15, 0.2) is 59.0 Å². The molecule has 21 heavy (non-hydrogen) atoms. The lowest BCUT2D eigenvalue weighted by atomic mass is 10.0. The molecule has 0 amide bonds. The van der Waals surface area contributed by atoms with Crippen LogP contribution >= 0.6 is 11.6 Å². The average Bonchev–Trinajstić information content (AvgIpc) is 2.91. The highest BCUT2D eigenvalue weighted by Crippen LogP contribution is 2.22. The monoisotopic (exact) mass is 299 g/mol. The van der Waals surface area contributed by atoms with Gasteiger partial charge in [0.1, 0.15) is 11.3 Å². The van der Waals surface area contributed by atoms with Crippen LogP contribution in [-0.4, -0.2) is 0 Å². The van der Waals surface area contributed by atoms with E-state index in [4.69, 9.17) is 16.0 Å². The van der Waals surface area contributed by atoms with Crippen LogP contribution in [0.3, 0.4) is 0 Å². The second kappa shape index (κ2) is 6.33. The van der Waals surface area contributed by atoms with Crippen molar-refractivity contribution in [2.24, 2.45) is 0 Å². The van der Waals surface area contributed by atoms with Crippen LogP contribution in [0.5, 0.6) is 0 Å². The normalized spacial score (nSPS) is 12.7. The van der Waals surface area contributed by atoms with Crippen molar-refractivity contribution in [1.82, 2.24) is 5.32 Å². The Hall–Kier alpha value is -1.77. The van der Waals surface area contributed by atoms with Gasteiger partial charge in [0.2, 0.25) is 0 Å². The van der Waals surface area contributed by atoms with E-state index >= 15 is 0 Å². The quantitative estimate of drug-likeness (QED) is 0.689. The molecule has 0 saturated heterocycles. The molecule has 0 spiro atoms. The van der Waals surface area contributed by atoms with E-state index in [-0.39, 0.29) is 6.04 Å². The summed E-state index contributed by atoms with van der Waals surface area (Å²) in [5.74, 6) is 0.955. The molecule has 0 fully saturated rings. The number of hydrogen-bond acceptors (Lipinski definition) is 2. The first-order valence-corrected chi connectivity index (χ1v) is 7.60. The summed E-state index contributed by atoms with van der Waals surface area (Å²) in [6, 6.07) is 18.4. The smallest absolute Gasteiger partial charge is 0.134 e. The highest BCUT2D eigenvalue weighted by atomic mass is 35.5. The fourth-order valence-corrected chi connectivity index (χ4v) is 2.77. The molecule has 2 nitrogen and oxygen atoms in total. The fraction of sp³-hybridized carbons (Fsp3) is 0.222. The van der Waals surface area contributed by atoms with E-state index in [1.807, 2.05) is 36.4 Å². The molecule has 2 aromatic carbocycles. The maximum atomic E-state index is 6.07. The first-order valence-electron chi connectivity index (χ1n) is 7.22. The van der Waals surface area contributed by atoms with Gasteiger partial charge in [-0.25, -0.2) is 0 Å². The third kappa shape index (κ3) is 3.29. The van der Waals surface area contributed by atoms with Crippen molar-refractivity contribution < 1.29 is 4.42 Å². The second-order valence-corrected chi connectivity index (χ2v) is 5.58. The van der Waals surface area contributed by atoms with Gasteiger partial charge < -0.3 is 9.73 Å². The van der Waals surface area contributed by atoms with Crippen LogP contribution in [0, 0.1) is 0 Å². The second-order valence-electron chi connectivity index (χ2n) is 5.15. The largest absolute Gasteiger partial charge is 0.460 e. The van der Waals surface area contributed by atoms with E-state index in [1.165, 1.54) is 5.56 Å². The van der Waals surface area contributed by atoms with Crippen molar-refractivity contribution in [3.63, 3.8) is 0 Å². The maximum Gasteiger partial charge on any atom is 0.134 e. The predicted molar refractivity (Wildman–Crippen MR) is 87.5 cm³/mol. The van der Waals surface area contributed by atoms with Gasteiger partial charge >= 0.3 is 0 Å². The summed E-state index contributed by atoms with van der Waals surface area (Å²) < 4.78 is 5.83. The zero-order valence-electron chi connectivity index (χ0n) is 12.0. The molecule has 1 unspecified atom stereocenters. The molecular formula is C18H18ClNO. The summed E-state index contributed by atoms with van der Waals surface area (Å²) in [5, 5.41) is 5.46. The molecule has 1 aromatic heterocycles. The number of hydrogen-bond donors (Lipinski definition) is 1. The highest BCUT2D eigenvalue weighted by Gasteiger charge is 2.10. The van der Waals surface area contributed by atoms with E-state index in [1.54, 1.807) is 0 Å². The molecule has 0 saturated carbocycles. The van der Waals surface area contributed by atoms with Gasteiger partial charge in [-0.3, -0.25) is 0 Å². The Kier molecular flexibility index (Phi) is 4.28. The summed E-state index contributed by atoms with van der Waals surface area (Å²) in [7, 11) is 0. The number of para-hydroxylation sites is 1. The highest BCUT2D eigenvalue weighted by molar-refractivity contribution is 6.30. The molecule has 3 rings (SSSR count). The van der Waals surface area contributed by atoms with Crippen LogP contribution < -0.4 is 5.32 Å². The number of halogens is 1. The molecule has 3 heteroatoms. The van der Waals surface area contributed by atoms with Gasteiger partial charge in [0.25, 0.3) is 0 Å². The summed E-state index contributed by atoms with van der Waals surface area (Å²) in [6.07, 6.45) is 1.00. The third-order valence-electron chi connectivity index (χ3n) is 3.66. The molecule has 1 heterocycles. The number of fused-ring (bicyclic) bond motifs is 1. The van der Waals surface area contributed by atoms with Crippen LogP contribution in [-0.2, 0) is 6.54 Å². The van der Waals surface area contributed by atoms with E-state index in [0.29, 0.717) is 6.54 Å². The number of furan rings is 1. The molecule has 0 radical (unpaired) electrons. The molecule has 1 atom stereocenters. The van der Waals surface area contributed by atoms with Crippen molar-refractivity contribution in [3.8, 4) is 0 Å².